The van der Waals surface area contributed by atoms with E-state index in [2.05, 4.69) is 34.2 Å². The van der Waals surface area contributed by atoms with Crippen LogP contribution in [0, 0.1) is 6.92 Å². The Labute approximate surface area is 98.1 Å². The van der Waals surface area contributed by atoms with Crippen molar-refractivity contribution >= 4 is 0 Å². The lowest BCUT2D eigenvalue weighted by atomic mass is 10.1. The third-order valence-corrected chi connectivity index (χ3v) is 2.91. The number of aromatic nitrogens is 2. The molecule has 0 radical (unpaired) electrons. The second kappa shape index (κ2) is 6.55. The summed E-state index contributed by atoms with van der Waals surface area (Å²) >= 11 is 0. The molecule has 1 N–H and O–H groups in total. The monoisotopic (exact) mass is 222 g/mol. The smallest absolute Gasteiger partial charge is 0.0784 e. The summed E-state index contributed by atoms with van der Waals surface area (Å²) in [6, 6.07) is 0.325. The fraction of sp³-hybridized carbons (Fsp3) is 0.667. The van der Waals surface area contributed by atoms with E-state index in [4.69, 9.17) is 0 Å². The van der Waals surface area contributed by atoms with E-state index >= 15 is 0 Å². The molecule has 0 amide bonds. The molecule has 1 rings (SSSR count). The molecule has 0 aliphatic heterocycles. The maximum Gasteiger partial charge on any atom is 0.0784 e. The maximum atomic E-state index is 4.41. The summed E-state index contributed by atoms with van der Waals surface area (Å²) in [5, 5.41) is 3.16. The summed E-state index contributed by atoms with van der Waals surface area (Å²) in [5.74, 6) is 0. The van der Waals surface area contributed by atoms with Gasteiger partial charge in [-0.1, -0.05) is 0 Å². The highest BCUT2D eigenvalue weighted by Gasteiger charge is 2.14. The molecule has 0 bridgehead atoms. The minimum absolute atomic E-state index is 0.325. The Hall–Kier alpha value is -1.00. The van der Waals surface area contributed by atoms with Crippen LogP contribution in [0.15, 0.2) is 12.4 Å². The molecular formula is C12H22N4. The molecule has 1 unspecified atom stereocenters. The zero-order valence-corrected chi connectivity index (χ0v) is 10.7. The highest BCUT2D eigenvalue weighted by atomic mass is 15.1. The van der Waals surface area contributed by atoms with E-state index < -0.39 is 0 Å². The molecule has 0 saturated heterocycles. The Bertz CT molecular complexity index is 314. The molecule has 90 valence electrons. The number of nitrogens with one attached hydrogen (secondary N) is 1. The van der Waals surface area contributed by atoms with E-state index in [1.165, 1.54) is 0 Å². The summed E-state index contributed by atoms with van der Waals surface area (Å²) in [5.41, 5.74) is 2.10. The van der Waals surface area contributed by atoms with Crippen molar-refractivity contribution in [2.75, 3.05) is 27.2 Å². The molecule has 0 aliphatic rings. The molecule has 0 saturated carbocycles. The van der Waals surface area contributed by atoms with Crippen LogP contribution in [0.25, 0.3) is 0 Å². The van der Waals surface area contributed by atoms with Crippen molar-refractivity contribution < 1.29 is 0 Å². The third-order valence-electron chi connectivity index (χ3n) is 2.91. The van der Waals surface area contributed by atoms with Gasteiger partial charge in [-0.3, -0.25) is 14.9 Å². The van der Waals surface area contributed by atoms with E-state index in [1.807, 2.05) is 14.0 Å². The molecule has 1 atom stereocenters. The molecule has 4 nitrogen and oxygen atoms in total. The fourth-order valence-electron chi connectivity index (χ4n) is 1.74. The number of hydrogen-bond acceptors (Lipinski definition) is 4. The molecule has 1 aromatic rings. The lowest BCUT2D eigenvalue weighted by Gasteiger charge is -2.24. The molecular weight excluding hydrogens is 200 g/mol. The maximum absolute atomic E-state index is 4.41. The van der Waals surface area contributed by atoms with Crippen molar-refractivity contribution in [3.8, 4) is 0 Å². The van der Waals surface area contributed by atoms with Crippen LogP contribution in [0.4, 0.5) is 0 Å². The van der Waals surface area contributed by atoms with Crippen LogP contribution in [0.5, 0.6) is 0 Å². The van der Waals surface area contributed by atoms with Crippen molar-refractivity contribution in [3.05, 3.63) is 23.8 Å². The summed E-state index contributed by atoms with van der Waals surface area (Å²) in [7, 11) is 4.12. The number of aryl methyl sites for hydroxylation is 1. The molecule has 0 aliphatic carbocycles. The first-order chi connectivity index (χ1) is 7.66. The topological polar surface area (TPSA) is 41.0 Å². The van der Waals surface area contributed by atoms with E-state index in [9.17, 15) is 0 Å². The summed E-state index contributed by atoms with van der Waals surface area (Å²) in [4.78, 5) is 11.0. The van der Waals surface area contributed by atoms with E-state index in [1.54, 1.807) is 12.4 Å². The van der Waals surface area contributed by atoms with Gasteiger partial charge >= 0.3 is 0 Å². The predicted octanol–water partition coefficient (Wildman–Crippen LogP) is 1.39. The Balaban J connectivity index is 2.56. The average Bonchev–Trinajstić information content (AvgIpc) is 2.29. The van der Waals surface area contributed by atoms with Gasteiger partial charge in [0.2, 0.25) is 0 Å². The average molecular weight is 222 g/mol. The Kier molecular flexibility index (Phi) is 5.35. The van der Waals surface area contributed by atoms with Gasteiger partial charge in [0.05, 0.1) is 17.4 Å². The largest absolute Gasteiger partial charge is 0.320 e. The second-order valence-electron chi connectivity index (χ2n) is 4.14. The van der Waals surface area contributed by atoms with E-state index in [0.29, 0.717) is 6.04 Å². The van der Waals surface area contributed by atoms with Gasteiger partial charge in [0.1, 0.15) is 0 Å². The van der Waals surface area contributed by atoms with Gasteiger partial charge in [0, 0.05) is 12.4 Å². The second-order valence-corrected chi connectivity index (χ2v) is 4.14. The normalized spacial score (nSPS) is 13.1. The van der Waals surface area contributed by atoms with E-state index in [-0.39, 0.29) is 0 Å². The Morgan fingerprint density at radius 1 is 1.38 bits per heavy atom. The van der Waals surface area contributed by atoms with Crippen LogP contribution in [0.1, 0.15) is 30.8 Å². The quantitative estimate of drug-likeness (QED) is 0.738. The van der Waals surface area contributed by atoms with Crippen LogP contribution in [-0.2, 0) is 0 Å². The molecule has 0 fully saturated rings. The van der Waals surface area contributed by atoms with Crippen LogP contribution in [0.2, 0.25) is 0 Å². The lowest BCUT2D eigenvalue weighted by molar-refractivity contribution is 0.252. The summed E-state index contributed by atoms with van der Waals surface area (Å²) < 4.78 is 0. The highest BCUT2D eigenvalue weighted by molar-refractivity contribution is 5.12. The zero-order valence-electron chi connectivity index (χ0n) is 10.7. The zero-order chi connectivity index (χ0) is 12.0. The Morgan fingerprint density at radius 3 is 2.69 bits per heavy atom. The molecule has 1 aromatic heterocycles. The number of rotatable bonds is 6. The van der Waals surface area contributed by atoms with Gasteiger partial charge in [0.25, 0.3) is 0 Å². The SMILES string of the molecule is CNCCCN(C)C(C)c1nccnc1C. The summed E-state index contributed by atoms with van der Waals surface area (Å²) in [6.07, 6.45) is 4.66. The van der Waals surface area contributed by atoms with Gasteiger partial charge in [-0.25, -0.2) is 0 Å². The standard InChI is InChI=1S/C12H22N4/c1-10-12(15-8-7-14-10)11(2)16(4)9-5-6-13-3/h7-8,11,13H,5-6,9H2,1-4H3. The van der Waals surface area contributed by atoms with Crippen molar-refractivity contribution in [1.29, 1.82) is 0 Å². The molecule has 0 aromatic carbocycles. The molecule has 1 heterocycles. The van der Waals surface area contributed by atoms with Gasteiger partial charge in [0.15, 0.2) is 0 Å². The van der Waals surface area contributed by atoms with Crippen LogP contribution in [-0.4, -0.2) is 42.1 Å². The molecule has 16 heavy (non-hydrogen) atoms. The van der Waals surface area contributed by atoms with Crippen molar-refractivity contribution in [2.24, 2.45) is 0 Å². The number of hydrogen-bond donors (Lipinski definition) is 1. The molecule has 4 heteroatoms. The van der Waals surface area contributed by atoms with E-state index in [0.717, 1.165) is 30.9 Å². The highest BCUT2D eigenvalue weighted by Crippen LogP contribution is 2.18. The van der Waals surface area contributed by atoms with Crippen LogP contribution in [0.3, 0.4) is 0 Å². The number of nitrogens with zero attached hydrogens (tertiary/aromatic N) is 3. The van der Waals surface area contributed by atoms with Crippen molar-refractivity contribution in [3.63, 3.8) is 0 Å². The minimum Gasteiger partial charge on any atom is -0.320 e. The molecule has 0 spiro atoms. The van der Waals surface area contributed by atoms with Crippen molar-refractivity contribution in [2.45, 2.75) is 26.3 Å². The van der Waals surface area contributed by atoms with Crippen LogP contribution >= 0.6 is 0 Å². The predicted molar refractivity (Wildman–Crippen MR) is 66.4 cm³/mol. The first-order valence-corrected chi connectivity index (χ1v) is 5.79. The Morgan fingerprint density at radius 2 is 2.06 bits per heavy atom. The fourth-order valence-corrected chi connectivity index (χ4v) is 1.74. The first-order valence-electron chi connectivity index (χ1n) is 5.79. The van der Waals surface area contributed by atoms with Gasteiger partial charge < -0.3 is 5.32 Å². The third kappa shape index (κ3) is 3.54. The summed E-state index contributed by atoms with van der Waals surface area (Å²) in [6.45, 7) is 6.31. The first kappa shape index (κ1) is 13.1. The van der Waals surface area contributed by atoms with Gasteiger partial charge in [-0.2, -0.15) is 0 Å². The van der Waals surface area contributed by atoms with Gasteiger partial charge in [-0.15, -0.1) is 0 Å². The van der Waals surface area contributed by atoms with Crippen molar-refractivity contribution in [1.82, 2.24) is 20.2 Å². The lowest BCUT2D eigenvalue weighted by Crippen LogP contribution is -2.27. The van der Waals surface area contributed by atoms with Crippen LogP contribution < -0.4 is 5.32 Å². The minimum atomic E-state index is 0.325. The van der Waals surface area contributed by atoms with Gasteiger partial charge in [-0.05, 0) is 47.5 Å².